The van der Waals surface area contributed by atoms with E-state index < -0.39 is 10.8 Å². The van der Waals surface area contributed by atoms with Crippen LogP contribution >= 0.6 is 22.6 Å². The van der Waals surface area contributed by atoms with Gasteiger partial charge < -0.3 is 4.42 Å². The highest BCUT2D eigenvalue weighted by atomic mass is 127. The Morgan fingerprint density at radius 1 is 1.14 bits per heavy atom. The van der Waals surface area contributed by atoms with Gasteiger partial charge in [-0.2, -0.15) is 0 Å². The molecule has 22 heavy (non-hydrogen) atoms. The maximum atomic E-state index is 13.2. The molecule has 114 valence electrons. The molecule has 1 aromatic heterocycles. The number of halogens is 2. The largest absolute Gasteiger partial charge is 0.455 e. The summed E-state index contributed by atoms with van der Waals surface area (Å²) in [6, 6.07) is 11.9. The summed E-state index contributed by atoms with van der Waals surface area (Å²) in [5.41, 5.74) is 1.43. The molecule has 0 N–H and O–H groups in total. The van der Waals surface area contributed by atoms with Crippen LogP contribution in [0.5, 0.6) is 0 Å². The normalized spacial score (nSPS) is 13.0. The van der Waals surface area contributed by atoms with E-state index in [0.717, 1.165) is 14.5 Å². The van der Waals surface area contributed by atoms with Gasteiger partial charge in [-0.1, -0.05) is 13.8 Å². The molecule has 0 unspecified atom stereocenters. The van der Waals surface area contributed by atoms with Crippen molar-refractivity contribution in [3.63, 3.8) is 0 Å². The van der Waals surface area contributed by atoms with E-state index in [4.69, 9.17) is 4.42 Å². The quantitative estimate of drug-likeness (QED) is 0.526. The van der Waals surface area contributed by atoms with Crippen molar-refractivity contribution < 1.29 is 13.0 Å². The Kier molecular flexibility index (Phi) is 4.36. The van der Waals surface area contributed by atoms with Gasteiger partial charge in [-0.05, 0) is 65.1 Å². The molecule has 2 nitrogen and oxygen atoms in total. The predicted molar refractivity (Wildman–Crippen MR) is 95.9 cm³/mol. The van der Waals surface area contributed by atoms with E-state index in [1.807, 2.05) is 32.0 Å². The zero-order valence-electron chi connectivity index (χ0n) is 12.1. The number of hydrogen-bond acceptors (Lipinski definition) is 2. The lowest BCUT2D eigenvalue weighted by atomic mass is 10.1. The summed E-state index contributed by atoms with van der Waals surface area (Å²) in [5, 5.41) is 0.830. The van der Waals surface area contributed by atoms with Crippen LogP contribution in [-0.2, 0) is 10.8 Å². The molecule has 0 fully saturated rings. The molecule has 3 aromatic rings. The van der Waals surface area contributed by atoms with Gasteiger partial charge in [0.1, 0.15) is 11.4 Å². The van der Waals surface area contributed by atoms with Crippen molar-refractivity contribution in [1.29, 1.82) is 0 Å². The summed E-state index contributed by atoms with van der Waals surface area (Å²) in [6.45, 7) is 3.83. The van der Waals surface area contributed by atoms with E-state index in [9.17, 15) is 8.60 Å². The standard InChI is InChI=1S/C17H14FIO2S/c1-10(2)22(20)17-14-9-13(19)7-8-15(14)21-16(17)11-3-5-12(18)6-4-11/h3-10H,1-2H3/t22-/m0/s1. The fourth-order valence-electron chi connectivity index (χ4n) is 2.27. The van der Waals surface area contributed by atoms with Gasteiger partial charge in [0, 0.05) is 19.8 Å². The van der Waals surface area contributed by atoms with Crippen molar-refractivity contribution in [2.45, 2.75) is 24.0 Å². The Hall–Kier alpha value is -1.21. The Morgan fingerprint density at radius 3 is 2.45 bits per heavy atom. The molecule has 1 atom stereocenters. The molecule has 0 saturated heterocycles. The number of fused-ring (bicyclic) bond motifs is 1. The molecule has 3 rings (SSSR count). The van der Waals surface area contributed by atoms with Crippen LogP contribution in [0.25, 0.3) is 22.3 Å². The second kappa shape index (κ2) is 6.12. The van der Waals surface area contributed by atoms with Crippen molar-refractivity contribution in [3.05, 3.63) is 51.9 Å². The minimum absolute atomic E-state index is 0.0298. The molecule has 0 spiro atoms. The van der Waals surface area contributed by atoms with E-state index in [2.05, 4.69) is 22.6 Å². The number of hydrogen-bond donors (Lipinski definition) is 0. The van der Waals surface area contributed by atoms with Crippen LogP contribution in [0.1, 0.15) is 13.8 Å². The van der Waals surface area contributed by atoms with E-state index in [-0.39, 0.29) is 11.1 Å². The minimum atomic E-state index is -1.20. The topological polar surface area (TPSA) is 30.2 Å². The molecule has 0 saturated carbocycles. The second-order valence-electron chi connectivity index (χ2n) is 5.25. The van der Waals surface area contributed by atoms with Gasteiger partial charge >= 0.3 is 0 Å². The Labute approximate surface area is 144 Å². The lowest BCUT2D eigenvalue weighted by Crippen LogP contribution is -2.06. The summed E-state index contributed by atoms with van der Waals surface area (Å²) >= 11 is 2.22. The SMILES string of the molecule is CC(C)[S@](=O)c1c(-c2ccc(F)cc2)oc2ccc(I)cc12. The van der Waals surface area contributed by atoms with Crippen molar-refractivity contribution in [2.24, 2.45) is 0 Å². The molecule has 0 aliphatic heterocycles. The Bertz CT molecular complexity index is 853. The van der Waals surface area contributed by atoms with Gasteiger partial charge in [-0.15, -0.1) is 0 Å². The van der Waals surface area contributed by atoms with Crippen LogP contribution in [-0.4, -0.2) is 9.46 Å². The summed E-state index contributed by atoms with van der Waals surface area (Å²) in [4.78, 5) is 0.690. The molecule has 0 radical (unpaired) electrons. The first-order valence-corrected chi connectivity index (χ1v) is 9.15. The lowest BCUT2D eigenvalue weighted by molar-refractivity contribution is 0.617. The van der Waals surface area contributed by atoms with Gasteiger partial charge in [-0.3, -0.25) is 4.21 Å². The van der Waals surface area contributed by atoms with Crippen LogP contribution < -0.4 is 0 Å². The summed E-state index contributed by atoms with van der Waals surface area (Å²) in [5.74, 6) is 0.255. The van der Waals surface area contributed by atoms with E-state index in [1.165, 1.54) is 12.1 Å². The van der Waals surface area contributed by atoms with Gasteiger partial charge in [0.2, 0.25) is 0 Å². The van der Waals surface area contributed by atoms with Gasteiger partial charge in [0.15, 0.2) is 5.76 Å². The van der Waals surface area contributed by atoms with Crippen LogP contribution in [0.15, 0.2) is 51.8 Å². The van der Waals surface area contributed by atoms with Gasteiger partial charge in [0.25, 0.3) is 0 Å². The van der Waals surface area contributed by atoms with Gasteiger partial charge in [-0.25, -0.2) is 4.39 Å². The van der Waals surface area contributed by atoms with Crippen LogP contribution in [0.3, 0.4) is 0 Å². The molecular formula is C17H14FIO2S. The first-order chi connectivity index (χ1) is 10.5. The number of rotatable bonds is 3. The molecule has 1 heterocycles. The van der Waals surface area contributed by atoms with Crippen molar-refractivity contribution in [3.8, 4) is 11.3 Å². The van der Waals surface area contributed by atoms with Crippen LogP contribution in [0.2, 0.25) is 0 Å². The predicted octanol–water partition coefficient (Wildman–Crippen LogP) is 5.36. The molecule has 0 aliphatic carbocycles. The summed E-state index contributed by atoms with van der Waals surface area (Å²) in [7, 11) is -1.20. The van der Waals surface area contributed by atoms with E-state index >= 15 is 0 Å². The third-order valence-electron chi connectivity index (χ3n) is 3.34. The Balaban J connectivity index is 2.31. The number of benzene rings is 2. The maximum Gasteiger partial charge on any atom is 0.151 e. The average Bonchev–Trinajstić information content (AvgIpc) is 2.85. The maximum absolute atomic E-state index is 13.2. The average molecular weight is 428 g/mol. The van der Waals surface area contributed by atoms with Crippen LogP contribution in [0.4, 0.5) is 4.39 Å². The fraction of sp³-hybridized carbons (Fsp3) is 0.176. The molecule has 5 heteroatoms. The molecule has 0 bridgehead atoms. The fourth-order valence-corrected chi connectivity index (χ4v) is 3.96. The highest BCUT2D eigenvalue weighted by molar-refractivity contribution is 14.1. The second-order valence-corrected chi connectivity index (χ2v) is 8.45. The molecule has 0 amide bonds. The monoisotopic (exact) mass is 428 g/mol. The van der Waals surface area contributed by atoms with Crippen molar-refractivity contribution in [1.82, 2.24) is 0 Å². The highest BCUT2D eigenvalue weighted by Crippen LogP contribution is 2.37. The van der Waals surface area contributed by atoms with Crippen LogP contribution in [0, 0.1) is 9.39 Å². The van der Waals surface area contributed by atoms with Crippen molar-refractivity contribution in [2.75, 3.05) is 0 Å². The first-order valence-electron chi connectivity index (χ1n) is 6.86. The molecular weight excluding hydrogens is 414 g/mol. The lowest BCUT2D eigenvalue weighted by Gasteiger charge is -2.07. The third kappa shape index (κ3) is 2.84. The summed E-state index contributed by atoms with van der Waals surface area (Å²) < 4.78 is 32.9. The molecule has 2 aromatic carbocycles. The summed E-state index contributed by atoms with van der Waals surface area (Å²) in [6.07, 6.45) is 0. The van der Waals surface area contributed by atoms with E-state index in [0.29, 0.717) is 16.2 Å². The Morgan fingerprint density at radius 2 is 1.82 bits per heavy atom. The zero-order chi connectivity index (χ0) is 15.9. The van der Waals surface area contributed by atoms with Crippen molar-refractivity contribution >= 4 is 44.4 Å². The van der Waals surface area contributed by atoms with Gasteiger partial charge in [0.05, 0.1) is 15.7 Å². The van der Waals surface area contributed by atoms with E-state index in [1.54, 1.807) is 12.1 Å². The molecule has 0 aliphatic rings. The minimum Gasteiger partial charge on any atom is -0.455 e. The zero-order valence-corrected chi connectivity index (χ0v) is 15.1. The first kappa shape index (κ1) is 15.7. The highest BCUT2D eigenvalue weighted by Gasteiger charge is 2.23. The third-order valence-corrected chi connectivity index (χ3v) is 5.68. The smallest absolute Gasteiger partial charge is 0.151 e. The number of furan rings is 1.